The van der Waals surface area contributed by atoms with Crippen molar-refractivity contribution in [2.45, 2.75) is 60.2 Å². The molecule has 3 amide bonds. The lowest BCUT2D eigenvalue weighted by Gasteiger charge is -2.41. The molecular formula is C29H35N3O4S. The molecule has 6 rings (SSSR count). The third kappa shape index (κ3) is 3.78. The zero-order chi connectivity index (χ0) is 25.7. The van der Waals surface area contributed by atoms with Gasteiger partial charge in [-0.2, -0.15) is 0 Å². The van der Waals surface area contributed by atoms with Crippen LogP contribution < -0.4 is 0 Å². The second kappa shape index (κ2) is 9.62. The minimum absolute atomic E-state index is 0.0455. The molecule has 1 saturated carbocycles. The molecule has 0 aromatic heterocycles. The molecule has 37 heavy (non-hydrogen) atoms. The number of aliphatic hydroxyl groups is 1. The smallest absolute Gasteiger partial charge is 0.247 e. The molecule has 1 unspecified atom stereocenters. The molecular weight excluding hydrogens is 486 g/mol. The molecule has 0 radical (unpaired) electrons. The van der Waals surface area contributed by atoms with Crippen molar-refractivity contribution in [3.63, 3.8) is 0 Å². The van der Waals surface area contributed by atoms with Gasteiger partial charge >= 0.3 is 0 Å². The number of hydrogen-bond acceptors (Lipinski definition) is 5. The fraction of sp³-hybridized carbons (Fsp3) is 0.552. The Hall–Kier alpha value is -2.58. The normalized spacial score (nSPS) is 34.8. The van der Waals surface area contributed by atoms with E-state index in [1.54, 1.807) is 28.6 Å². The summed E-state index contributed by atoms with van der Waals surface area (Å²) in [5, 5.41) is 10.5. The Labute approximate surface area is 222 Å². The molecule has 4 heterocycles. The first-order chi connectivity index (χ1) is 18.0. The van der Waals surface area contributed by atoms with E-state index in [0.29, 0.717) is 13.1 Å². The van der Waals surface area contributed by atoms with Gasteiger partial charge in [-0.05, 0) is 18.4 Å². The van der Waals surface area contributed by atoms with Crippen molar-refractivity contribution in [2.24, 2.45) is 11.8 Å². The highest BCUT2D eigenvalue weighted by Gasteiger charge is 2.71. The number of benzene rings is 1. The van der Waals surface area contributed by atoms with E-state index in [2.05, 4.69) is 18.2 Å². The quantitative estimate of drug-likeness (QED) is 0.617. The van der Waals surface area contributed by atoms with E-state index in [1.165, 1.54) is 6.42 Å². The first kappa shape index (κ1) is 24.7. The van der Waals surface area contributed by atoms with Crippen LogP contribution in [0.4, 0.5) is 0 Å². The van der Waals surface area contributed by atoms with Crippen LogP contribution in [-0.2, 0) is 14.4 Å². The summed E-state index contributed by atoms with van der Waals surface area (Å²) in [6.45, 7) is 0.744. The van der Waals surface area contributed by atoms with Gasteiger partial charge in [-0.3, -0.25) is 14.4 Å². The molecule has 8 heteroatoms. The molecule has 196 valence electrons. The van der Waals surface area contributed by atoms with Crippen LogP contribution in [-0.4, -0.2) is 86.4 Å². The maximum atomic E-state index is 14.6. The molecule has 1 spiro atoms. The van der Waals surface area contributed by atoms with Gasteiger partial charge in [0.1, 0.15) is 6.04 Å². The Balaban J connectivity index is 1.49. The molecule has 1 aromatic rings. The zero-order valence-corrected chi connectivity index (χ0v) is 22.1. The lowest BCUT2D eigenvalue weighted by Crippen LogP contribution is -2.56. The summed E-state index contributed by atoms with van der Waals surface area (Å²) in [6, 6.07) is 8.20. The number of rotatable bonds is 4. The van der Waals surface area contributed by atoms with E-state index >= 15 is 0 Å². The molecule has 2 saturated heterocycles. The van der Waals surface area contributed by atoms with E-state index in [9.17, 15) is 19.5 Å². The Bertz CT molecular complexity index is 1130. The van der Waals surface area contributed by atoms with Crippen LogP contribution in [0.2, 0.25) is 0 Å². The number of hydrogen-bond donors (Lipinski definition) is 1. The summed E-state index contributed by atoms with van der Waals surface area (Å²) in [4.78, 5) is 48.0. The van der Waals surface area contributed by atoms with Crippen LogP contribution in [0, 0.1) is 11.8 Å². The van der Waals surface area contributed by atoms with Gasteiger partial charge in [0, 0.05) is 31.4 Å². The van der Waals surface area contributed by atoms with Gasteiger partial charge in [0.2, 0.25) is 17.7 Å². The maximum Gasteiger partial charge on any atom is 0.247 e. The fourth-order valence-corrected chi connectivity index (χ4v) is 9.30. The number of likely N-dealkylation sites (N-methyl/N-ethyl adjacent to an activating group) is 1. The molecule has 6 atom stereocenters. The van der Waals surface area contributed by atoms with Gasteiger partial charge in [0.25, 0.3) is 0 Å². The summed E-state index contributed by atoms with van der Waals surface area (Å²) in [5.74, 6) is -1.49. The molecule has 3 fully saturated rings. The number of likely N-dealkylation sites (tertiary alicyclic amines) is 1. The minimum Gasteiger partial charge on any atom is -0.394 e. The second-order valence-electron chi connectivity index (χ2n) is 11.0. The highest BCUT2D eigenvalue weighted by atomic mass is 32.2. The average molecular weight is 522 g/mol. The van der Waals surface area contributed by atoms with Crippen LogP contribution in [0.1, 0.15) is 43.7 Å². The Morgan fingerprint density at radius 1 is 1.00 bits per heavy atom. The van der Waals surface area contributed by atoms with Crippen molar-refractivity contribution in [3.05, 3.63) is 60.2 Å². The molecule has 7 nitrogen and oxygen atoms in total. The first-order valence-electron chi connectivity index (χ1n) is 13.5. The number of thioether (sulfide) groups is 1. The fourth-order valence-electron chi connectivity index (χ4n) is 7.31. The van der Waals surface area contributed by atoms with E-state index in [4.69, 9.17) is 0 Å². The third-order valence-corrected chi connectivity index (χ3v) is 10.8. The van der Waals surface area contributed by atoms with Crippen molar-refractivity contribution >= 4 is 29.5 Å². The number of nitrogens with zero attached hydrogens (tertiary/aromatic N) is 3. The van der Waals surface area contributed by atoms with Crippen molar-refractivity contribution in [1.29, 1.82) is 0 Å². The van der Waals surface area contributed by atoms with Crippen molar-refractivity contribution in [2.75, 3.05) is 26.7 Å². The Kier molecular flexibility index (Phi) is 6.43. The van der Waals surface area contributed by atoms with Crippen molar-refractivity contribution < 1.29 is 19.5 Å². The summed E-state index contributed by atoms with van der Waals surface area (Å²) in [7, 11) is 1.78. The summed E-state index contributed by atoms with van der Waals surface area (Å²) < 4.78 is -0.854. The SMILES string of the molecule is CN1CC=C[C@@H]2S[C@]34C=CCN(C5CCCCC5)C(=O)C3N([C@H](CO)c3ccccc3)C(=O)[C@@H]4[C@@H]2C1=O. The lowest BCUT2D eigenvalue weighted by molar-refractivity contribution is -0.147. The van der Waals surface area contributed by atoms with Crippen LogP contribution >= 0.6 is 11.8 Å². The number of fused-ring (bicyclic) bond motifs is 2. The van der Waals surface area contributed by atoms with Gasteiger partial charge in [0.15, 0.2) is 0 Å². The van der Waals surface area contributed by atoms with Crippen LogP contribution in [0.5, 0.6) is 0 Å². The Morgan fingerprint density at radius 3 is 2.49 bits per heavy atom. The molecule has 0 bridgehead atoms. The number of carbonyl (C=O) groups is 3. The number of amides is 3. The summed E-state index contributed by atoms with van der Waals surface area (Å²) in [6.07, 6.45) is 13.5. The van der Waals surface area contributed by atoms with E-state index in [-0.39, 0.29) is 35.6 Å². The summed E-state index contributed by atoms with van der Waals surface area (Å²) in [5.41, 5.74) is 0.796. The number of carbonyl (C=O) groups excluding carboxylic acids is 3. The van der Waals surface area contributed by atoms with Crippen LogP contribution in [0.15, 0.2) is 54.6 Å². The van der Waals surface area contributed by atoms with Gasteiger partial charge in [-0.15, -0.1) is 11.8 Å². The van der Waals surface area contributed by atoms with Gasteiger partial charge in [-0.1, -0.05) is 73.9 Å². The lowest BCUT2D eigenvalue weighted by atomic mass is 9.78. The predicted molar refractivity (Wildman–Crippen MR) is 142 cm³/mol. The first-order valence-corrected chi connectivity index (χ1v) is 14.4. The van der Waals surface area contributed by atoms with Gasteiger partial charge in [-0.25, -0.2) is 0 Å². The van der Waals surface area contributed by atoms with Crippen LogP contribution in [0.25, 0.3) is 0 Å². The highest BCUT2D eigenvalue weighted by molar-refractivity contribution is 8.02. The highest BCUT2D eigenvalue weighted by Crippen LogP contribution is 2.62. The van der Waals surface area contributed by atoms with Crippen molar-refractivity contribution in [3.8, 4) is 0 Å². The van der Waals surface area contributed by atoms with Gasteiger partial charge < -0.3 is 19.8 Å². The van der Waals surface area contributed by atoms with E-state index < -0.39 is 28.7 Å². The molecule has 1 N–H and O–H groups in total. The summed E-state index contributed by atoms with van der Waals surface area (Å²) >= 11 is 1.60. The van der Waals surface area contributed by atoms with Crippen molar-refractivity contribution in [1.82, 2.24) is 14.7 Å². The topological polar surface area (TPSA) is 81.2 Å². The minimum atomic E-state index is -0.854. The maximum absolute atomic E-state index is 14.6. The Morgan fingerprint density at radius 2 is 1.76 bits per heavy atom. The standard InChI is InChI=1S/C29H35N3O4S/c1-30-16-8-14-22-23(26(30)34)24-27(35)32(21(18-33)19-10-4-2-5-11-19)25-28(36)31(20-12-6-3-7-13-20)17-9-15-29(24,25)37-22/h2,4-5,8-11,14-15,20-25,33H,3,6-7,12-13,16-18H2,1H3/t21-,22+,23-,24+,25?,29+/m1/s1. The number of aliphatic hydroxyl groups excluding tert-OH is 1. The molecule has 1 aromatic carbocycles. The molecule has 5 aliphatic rings. The monoisotopic (exact) mass is 521 g/mol. The predicted octanol–water partition coefficient (Wildman–Crippen LogP) is 2.78. The van der Waals surface area contributed by atoms with Gasteiger partial charge in [0.05, 0.1) is 29.2 Å². The third-order valence-electron chi connectivity index (χ3n) is 9.04. The average Bonchev–Trinajstić information content (AvgIpc) is 3.24. The molecule has 1 aliphatic carbocycles. The largest absolute Gasteiger partial charge is 0.394 e. The second-order valence-corrected chi connectivity index (χ2v) is 12.5. The van der Waals surface area contributed by atoms with E-state index in [0.717, 1.165) is 31.2 Å². The molecule has 4 aliphatic heterocycles. The van der Waals surface area contributed by atoms with Crippen LogP contribution in [0.3, 0.4) is 0 Å². The zero-order valence-electron chi connectivity index (χ0n) is 21.2. The van der Waals surface area contributed by atoms with E-state index in [1.807, 2.05) is 41.3 Å².